The number of nitrogens with two attached hydrogens (primary N) is 1. The summed E-state index contributed by atoms with van der Waals surface area (Å²) in [7, 11) is 0. The van der Waals surface area contributed by atoms with Crippen LogP contribution in [0.25, 0.3) is 0 Å². The molecule has 2 N–H and O–H groups in total. The first-order valence-corrected chi connectivity index (χ1v) is 6.43. The molecule has 2 rings (SSSR count). The highest BCUT2D eigenvalue weighted by molar-refractivity contribution is 5.20. The Morgan fingerprint density at radius 2 is 2.11 bits per heavy atom. The highest BCUT2D eigenvalue weighted by atomic mass is 19.1. The predicted octanol–water partition coefficient (Wildman–Crippen LogP) is 2.64. The number of aromatic nitrogens is 2. The molecule has 0 bridgehead atoms. The first-order valence-electron chi connectivity index (χ1n) is 6.43. The van der Waals surface area contributed by atoms with Gasteiger partial charge in [-0.25, -0.2) is 4.39 Å². The van der Waals surface area contributed by atoms with E-state index in [0.29, 0.717) is 23.7 Å². The lowest BCUT2D eigenvalue weighted by Gasteiger charge is -2.13. The summed E-state index contributed by atoms with van der Waals surface area (Å²) in [5.41, 5.74) is 6.44. The number of benzene rings is 1. The molecule has 0 aliphatic carbocycles. The monoisotopic (exact) mass is 263 g/mol. The predicted molar refractivity (Wildman–Crippen MR) is 70.2 cm³/mol. The molecule has 2 atom stereocenters. The lowest BCUT2D eigenvalue weighted by Crippen LogP contribution is -2.24. The van der Waals surface area contributed by atoms with Crippen molar-refractivity contribution in [2.24, 2.45) is 5.73 Å². The van der Waals surface area contributed by atoms with Gasteiger partial charge >= 0.3 is 0 Å². The molecule has 1 aromatic heterocycles. The van der Waals surface area contributed by atoms with Crippen molar-refractivity contribution in [1.82, 2.24) is 10.1 Å². The molecule has 1 heterocycles. The van der Waals surface area contributed by atoms with E-state index >= 15 is 0 Å². The summed E-state index contributed by atoms with van der Waals surface area (Å²) in [6.45, 7) is 3.93. The van der Waals surface area contributed by atoms with E-state index < -0.39 is 0 Å². The van der Waals surface area contributed by atoms with E-state index in [1.54, 1.807) is 18.2 Å². The number of halogens is 1. The van der Waals surface area contributed by atoms with Crippen LogP contribution in [0.1, 0.15) is 43.5 Å². The van der Waals surface area contributed by atoms with E-state index in [4.69, 9.17) is 10.3 Å². The highest BCUT2D eigenvalue weighted by Gasteiger charge is 2.21. The Balaban J connectivity index is 2.16. The summed E-state index contributed by atoms with van der Waals surface area (Å²) >= 11 is 0. The zero-order valence-electron chi connectivity index (χ0n) is 11.1. The molecular formula is C14H18FN3O. The summed E-state index contributed by atoms with van der Waals surface area (Å²) in [5.74, 6) is 0.804. The first kappa shape index (κ1) is 13.7. The van der Waals surface area contributed by atoms with Crippen LogP contribution in [0.3, 0.4) is 0 Å². The molecule has 0 saturated heterocycles. The first-order chi connectivity index (χ1) is 9.11. The quantitative estimate of drug-likeness (QED) is 0.900. The van der Waals surface area contributed by atoms with E-state index in [1.807, 2.05) is 13.8 Å². The summed E-state index contributed by atoms with van der Waals surface area (Å²) < 4.78 is 18.8. The number of hydrogen-bond acceptors (Lipinski definition) is 4. The summed E-state index contributed by atoms with van der Waals surface area (Å²) in [4.78, 5) is 4.31. The topological polar surface area (TPSA) is 64.9 Å². The van der Waals surface area contributed by atoms with Crippen LogP contribution in [0.5, 0.6) is 0 Å². The van der Waals surface area contributed by atoms with Gasteiger partial charge in [0.1, 0.15) is 5.82 Å². The number of hydrogen-bond donors (Lipinski definition) is 1. The Morgan fingerprint density at radius 1 is 1.37 bits per heavy atom. The SMILES string of the molecule is CCC(c1nc(Cc2ccccc2F)no1)C(C)N. The normalized spacial score (nSPS) is 14.3. The van der Waals surface area contributed by atoms with Crippen LogP contribution in [0, 0.1) is 5.82 Å². The maximum absolute atomic E-state index is 13.5. The van der Waals surface area contributed by atoms with Gasteiger partial charge in [0.2, 0.25) is 5.89 Å². The van der Waals surface area contributed by atoms with Crippen molar-refractivity contribution in [3.8, 4) is 0 Å². The van der Waals surface area contributed by atoms with Gasteiger partial charge in [-0.15, -0.1) is 0 Å². The molecule has 0 saturated carbocycles. The summed E-state index contributed by atoms with van der Waals surface area (Å²) in [6, 6.07) is 6.54. The fraction of sp³-hybridized carbons (Fsp3) is 0.429. The van der Waals surface area contributed by atoms with Crippen molar-refractivity contribution >= 4 is 0 Å². The standard InChI is InChI=1S/C14H18FN3O/c1-3-11(9(2)16)14-17-13(18-19-14)8-10-6-4-5-7-12(10)15/h4-7,9,11H,3,8,16H2,1-2H3. The molecule has 0 spiro atoms. The molecule has 2 unspecified atom stereocenters. The summed E-state index contributed by atoms with van der Waals surface area (Å²) in [5, 5.41) is 3.90. The molecule has 0 fully saturated rings. The van der Waals surface area contributed by atoms with Crippen LogP contribution in [0.15, 0.2) is 28.8 Å². The van der Waals surface area contributed by atoms with Crippen molar-refractivity contribution in [3.63, 3.8) is 0 Å². The molecule has 0 amide bonds. The Kier molecular flexibility index (Phi) is 4.27. The fourth-order valence-corrected chi connectivity index (χ4v) is 2.07. The molecule has 102 valence electrons. The third-order valence-electron chi connectivity index (χ3n) is 3.18. The Bertz CT molecular complexity index is 539. The molecule has 2 aromatic rings. The van der Waals surface area contributed by atoms with E-state index in [0.717, 1.165) is 6.42 Å². The zero-order valence-corrected chi connectivity index (χ0v) is 11.1. The zero-order chi connectivity index (χ0) is 13.8. The Labute approximate surface area is 111 Å². The molecule has 5 heteroatoms. The molecular weight excluding hydrogens is 245 g/mol. The number of rotatable bonds is 5. The lowest BCUT2D eigenvalue weighted by atomic mass is 9.99. The van der Waals surface area contributed by atoms with Gasteiger partial charge in [0, 0.05) is 12.5 Å². The molecule has 0 aliphatic heterocycles. The average molecular weight is 263 g/mol. The largest absolute Gasteiger partial charge is 0.339 e. The van der Waals surface area contributed by atoms with Gasteiger partial charge in [0.15, 0.2) is 5.82 Å². The van der Waals surface area contributed by atoms with E-state index in [2.05, 4.69) is 10.1 Å². The van der Waals surface area contributed by atoms with Crippen molar-refractivity contribution in [1.29, 1.82) is 0 Å². The lowest BCUT2D eigenvalue weighted by molar-refractivity contribution is 0.331. The van der Waals surface area contributed by atoms with Gasteiger partial charge in [-0.1, -0.05) is 30.3 Å². The minimum absolute atomic E-state index is 0.0434. The van der Waals surface area contributed by atoms with Crippen LogP contribution in [0.2, 0.25) is 0 Å². The van der Waals surface area contributed by atoms with E-state index in [1.165, 1.54) is 6.07 Å². The second kappa shape index (κ2) is 5.93. The van der Waals surface area contributed by atoms with E-state index in [9.17, 15) is 4.39 Å². The third-order valence-corrected chi connectivity index (χ3v) is 3.18. The molecule has 19 heavy (non-hydrogen) atoms. The van der Waals surface area contributed by atoms with Gasteiger partial charge in [-0.3, -0.25) is 0 Å². The molecule has 0 radical (unpaired) electrons. The van der Waals surface area contributed by atoms with Crippen molar-refractivity contribution in [2.75, 3.05) is 0 Å². The van der Waals surface area contributed by atoms with E-state index in [-0.39, 0.29) is 17.8 Å². The molecule has 4 nitrogen and oxygen atoms in total. The van der Waals surface area contributed by atoms with Gasteiger partial charge in [0.05, 0.1) is 5.92 Å². The van der Waals surface area contributed by atoms with Crippen LogP contribution in [-0.2, 0) is 6.42 Å². The van der Waals surface area contributed by atoms with Crippen LogP contribution < -0.4 is 5.73 Å². The van der Waals surface area contributed by atoms with Gasteiger partial charge < -0.3 is 10.3 Å². The Hall–Kier alpha value is -1.75. The highest BCUT2D eigenvalue weighted by Crippen LogP contribution is 2.21. The Morgan fingerprint density at radius 3 is 2.74 bits per heavy atom. The maximum atomic E-state index is 13.5. The third kappa shape index (κ3) is 3.17. The van der Waals surface area contributed by atoms with Crippen molar-refractivity contribution < 1.29 is 8.91 Å². The number of nitrogens with zero attached hydrogens (tertiary/aromatic N) is 2. The van der Waals surface area contributed by atoms with Gasteiger partial charge in [0.25, 0.3) is 0 Å². The van der Waals surface area contributed by atoms with Crippen LogP contribution in [-0.4, -0.2) is 16.2 Å². The fourth-order valence-electron chi connectivity index (χ4n) is 2.07. The van der Waals surface area contributed by atoms with Crippen molar-refractivity contribution in [2.45, 2.75) is 38.6 Å². The van der Waals surface area contributed by atoms with Gasteiger partial charge in [-0.05, 0) is 25.0 Å². The van der Waals surface area contributed by atoms with Crippen LogP contribution >= 0.6 is 0 Å². The maximum Gasteiger partial charge on any atom is 0.231 e. The second-order valence-electron chi connectivity index (χ2n) is 4.69. The minimum atomic E-state index is -0.256. The average Bonchev–Trinajstić information content (AvgIpc) is 2.81. The smallest absolute Gasteiger partial charge is 0.231 e. The summed E-state index contributed by atoms with van der Waals surface area (Å²) in [6.07, 6.45) is 1.16. The molecule has 0 aliphatic rings. The van der Waals surface area contributed by atoms with Crippen molar-refractivity contribution in [3.05, 3.63) is 47.4 Å². The van der Waals surface area contributed by atoms with Gasteiger partial charge in [-0.2, -0.15) is 4.98 Å². The second-order valence-corrected chi connectivity index (χ2v) is 4.69. The molecule has 1 aromatic carbocycles. The minimum Gasteiger partial charge on any atom is -0.339 e. The van der Waals surface area contributed by atoms with Crippen LogP contribution in [0.4, 0.5) is 4.39 Å².